The topological polar surface area (TPSA) is 74.6 Å². The average molecular weight is 393 g/mol. The van der Waals surface area contributed by atoms with Crippen LogP contribution in [0.25, 0.3) is 0 Å². The first-order valence-electron chi connectivity index (χ1n) is 10.1. The molecule has 0 amide bonds. The number of rotatable bonds is 2. The number of ketones is 2. The van der Waals surface area contributed by atoms with Crippen molar-refractivity contribution in [1.29, 1.82) is 0 Å². The number of carbonyl (C=O) groups excluding carboxylic acids is 2. The third-order valence-corrected chi connectivity index (χ3v) is 8.69. The van der Waals surface area contributed by atoms with E-state index >= 15 is 0 Å². The molecule has 4 aliphatic rings. The van der Waals surface area contributed by atoms with Gasteiger partial charge in [-0.25, -0.2) is 0 Å². The number of fused-ring (bicyclic) bond motifs is 5. The fourth-order valence-electron chi connectivity index (χ4n) is 7.53. The van der Waals surface area contributed by atoms with Gasteiger partial charge >= 0.3 is 0 Å². The van der Waals surface area contributed by atoms with Gasteiger partial charge in [-0.05, 0) is 54.9 Å². The maximum absolute atomic E-state index is 12.5. The Bertz CT molecular complexity index is 755. The van der Waals surface area contributed by atoms with Gasteiger partial charge in [0.05, 0.1) is 11.1 Å². The van der Waals surface area contributed by atoms with E-state index < -0.39 is 18.1 Å². The number of Topliss-reactive ketones (excluding diaryl/α,β-unsaturated/α-hetero) is 1. The predicted octanol–water partition coefficient (Wildman–Crippen LogP) is 3.26. The van der Waals surface area contributed by atoms with E-state index in [-0.39, 0.29) is 45.7 Å². The number of carbonyl (C=O) groups is 2. The Labute approximate surface area is 165 Å². The van der Waals surface area contributed by atoms with Crippen LogP contribution in [0.3, 0.4) is 0 Å². The molecule has 0 aromatic carbocycles. The van der Waals surface area contributed by atoms with E-state index in [0.29, 0.717) is 12.3 Å². The zero-order chi connectivity index (χ0) is 19.7. The second kappa shape index (κ2) is 6.27. The predicted molar refractivity (Wildman–Crippen MR) is 103 cm³/mol. The van der Waals surface area contributed by atoms with Crippen molar-refractivity contribution in [2.45, 2.75) is 52.6 Å². The SMILES string of the molecule is C[C@@H]1C[C@H]2[C@@H]3CCC4=CC(=O)C(Cl)=C[C@]4(C)[C@H]3[C@@H](O)C[C@]2(C)[C@H]1C(=O)CO. The molecule has 3 saturated carbocycles. The number of hydrogen-bond donors (Lipinski definition) is 2. The quantitative estimate of drug-likeness (QED) is 0.756. The van der Waals surface area contributed by atoms with Gasteiger partial charge in [0, 0.05) is 17.3 Å². The van der Waals surface area contributed by atoms with Crippen LogP contribution < -0.4 is 0 Å². The van der Waals surface area contributed by atoms with Crippen molar-refractivity contribution in [3.63, 3.8) is 0 Å². The second-order valence-electron chi connectivity index (χ2n) is 9.74. The third-order valence-electron chi connectivity index (χ3n) is 8.40. The summed E-state index contributed by atoms with van der Waals surface area (Å²) < 4.78 is 0. The number of allylic oxidation sites excluding steroid dienone is 4. The molecule has 2 N–H and O–H groups in total. The largest absolute Gasteiger partial charge is 0.393 e. The molecule has 3 fully saturated rings. The van der Waals surface area contributed by atoms with Crippen molar-refractivity contribution >= 4 is 23.2 Å². The monoisotopic (exact) mass is 392 g/mol. The molecule has 0 radical (unpaired) electrons. The fraction of sp³-hybridized carbons (Fsp3) is 0.727. The Kier molecular flexibility index (Phi) is 4.49. The molecule has 0 bridgehead atoms. The van der Waals surface area contributed by atoms with Crippen molar-refractivity contribution < 1.29 is 19.8 Å². The third kappa shape index (κ3) is 2.56. The van der Waals surface area contributed by atoms with Gasteiger partial charge in [0.15, 0.2) is 11.6 Å². The van der Waals surface area contributed by atoms with Crippen LogP contribution >= 0.6 is 11.6 Å². The lowest BCUT2D eigenvalue weighted by molar-refractivity contribution is -0.142. The molecule has 8 atom stereocenters. The molecule has 4 nitrogen and oxygen atoms in total. The standard InChI is InChI=1S/C22H29ClO4/c1-11-6-14-13-5-4-12-7-16(25)15(23)8-21(12,2)20(13)17(26)9-22(14,3)19(11)18(27)10-24/h7-8,11,13-14,17,19-20,24,26H,4-6,9-10H2,1-3H3/t11-,13+,14+,17+,19-,20-,21+,22+/m1/s1. The Hall–Kier alpha value is -0.970. The first-order valence-corrected chi connectivity index (χ1v) is 10.5. The summed E-state index contributed by atoms with van der Waals surface area (Å²) in [6.07, 6.45) is 6.25. The molecule has 0 unspecified atom stereocenters. The van der Waals surface area contributed by atoms with Crippen LogP contribution in [-0.2, 0) is 9.59 Å². The highest BCUT2D eigenvalue weighted by atomic mass is 35.5. The second-order valence-corrected chi connectivity index (χ2v) is 10.1. The summed E-state index contributed by atoms with van der Waals surface area (Å²) in [5.41, 5.74) is 0.390. The highest BCUT2D eigenvalue weighted by Crippen LogP contribution is 2.67. The van der Waals surface area contributed by atoms with Gasteiger partial charge in [-0.15, -0.1) is 0 Å². The molecule has 27 heavy (non-hydrogen) atoms. The van der Waals surface area contributed by atoms with E-state index in [2.05, 4.69) is 20.8 Å². The zero-order valence-corrected chi connectivity index (χ0v) is 17.0. The van der Waals surface area contributed by atoms with Gasteiger partial charge in [0.25, 0.3) is 0 Å². The molecular formula is C22H29ClO4. The average Bonchev–Trinajstić information content (AvgIpc) is 2.85. The number of aliphatic hydroxyl groups excluding tert-OH is 2. The summed E-state index contributed by atoms with van der Waals surface area (Å²) in [6.45, 7) is 5.92. The maximum atomic E-state index is 12.5. The first-order chi connectivity index (χ1) is 12.6. The molecule has 0 aromatic heterocycles. The van der Waals surface area contributed by atoms with Crippen molar-refractivity contribution in [2.24, 2.45) is 40.4 Å². The lowest BCUT2D eigenvalue weighted by atomic mass is 9.46. The van der Waals surface area contributed by atoms with Gasteiger partial charge in [0.2, 0.25) is 0 Å². The molecule has 148 valence electrons. The smallest absolute Gasteiger partial charge is 0.196 e. The van der Waals surface area contributed by atoms with E-state index in [4.69, 9.17) is 11.6 Å². The summed E-state index contributed by atoms with van der Waals surface area (Å²) in [5, 5.41) is 21.0. The van der Waals surface area contributed by atoms with E-state index in [1.165, 1.54) is 0 Å². The van der Waals surface area contributed by atoms with Crippen LogP contribution in [0, 0.1) is 40.4 Å². The van der Waals surface area contributed by atoms with E-state index in [1.807, 2.05) is 6.08 Å². The normalized spacial score (nSPS) is 48.9. The minimum absolute atomic E-state index is 0.00704. The van der Waals surface area contributed by atoms with Crippen molar-refractivity contribution in [3.8, 4) is 0 Å². The minimum atomic E-state index is -0.557. The minimum Gasteiger partial charge on any atom is -0.393 e. The van der Waals surface area contributed by atoms with Crippen LogP contribution in [-0.4, -0.2) is 34.5 Å². The van der Waals surface area contributed by atoms with Gasteiger partial charge in [-0.1, -0.05) is 44.0 Å². The molecule has 0 heterocycles. The highest BCUT2D eigenvalue weighted by Gasteiger charge is 2.64. The van der Waals surface area contributed by atoms with Crippen LogP contribution in [0.1, 0.15) is 46.5 Å². The molecule has 4 rings (SSSR count). The van der Waals surface area contributed by atoms with Crippen LogP contribution in [0.4, 0.5) is 0 Å². The van der Waals surface area contributed by atoms with Crippen molar-refractivity contribution in [1.82, 2.24) is 0 Å². The molecule has 5 heteroatoms. The zero-order valence-electron chi connectivity index (χ0n) is 16.2. The molecule has 0 spiro atoms. The molecule has 0 aromatic rings. The van der Waals surface area contributed by atoms with E-state index in [9.17, 15) is 19.8 Å². The lowest BCUT2D eigenvalue weighted by Gasteiger charge is -2.58. The summed E-state index contributed by atoms with van der Waals surface area (Å²) in [4.78, 5) is 24.6. The van der Waals surface area contributed by atoms with Gasteiger partial charge in [-0.3, -0.25) is 9.59 Å². The first kappa shape index (κ1) is 19.4. The fourth-order valence-corrected chi connectivity index (χ4v) is 7.82. The lowest BCUT2D eigenvalue weighted by Crippen LogP contribution is -2.56. The Morgan fingerprint density at radius 1 is 1.37 bits per heavy atom. The van der Waals surface area contributed by atoms with Gasteiger partial charge in [-0.2, -0.15) is 0 Å². The van der Waals surface area contributed by atoms with Crippen LogP contribution in [0.5, 0.6) is 0 Å². The van der Waals surface area contributed by atoms with E-state index in [0.717, 1.165) is 24.8 Å². The molecule has 0 aliphatic heterocycles. The Morgan fingerprint density at radius 3 is 2.74 bits per heavy atom. The Balaban J connectivity index is 1.75. The maximum Gasteiger partial charge on any atom is 0.196 e. The molecular weight excluding hydrogens is 364 g/mol. The molecule has 4 aliphatic carbocycles. The summed E-state index contributed by atoms with van der Waals surface area (Å²) in [6, 6.07) is 0. The number of hydrogen-bond acceptors (Lipinski definition) is 4. The van der Waals surface area contributed by atoms with E-state index in [1.54, 1.807) is 6.08 Å². The van der Waals surface area contributed by atoms with Gasteiger partial charge in [0.1, 0.15) is 6.61 Å². The van der Waals surface area contributed by atoms with Crippen molar-refractivity contribution in [2.75, 3.05) is 6.61 Å². The van der Waals surface area contributed by atoms with Crippen molar-refractivity contribution in [3.05, 3.63) is 22.8 Å². The highest BCUT2D eigenvalue weighted by molar-refractivity contribution is 6.44. The Morgan fingerprint density at radius 2 is 2.07 bits per heavy atom. The summed E-state index contributed by atoms with van der Waals surface area (Å²) >= 11 is 6.21. The van der Waals surface area contributed by atoms with Crippen LogP contribution in [0.15, 0.2) is 22.8 Å². The summed E-state index contributed by atoms with van der Waals surface area (Å²) in [5.74, 6) is 0.418. The van der Waals surface area contributed by atoms with Crippen LogP contribution in [0.2, 0.25) is 0 Å². The molecule has 0 saturated heterocycles. The summed E-state index contributed by atoms with van der Waals surface area (Å²) in [7, 11) is 0. The number of halogens is 1. The number of aliphatic hydroxyl groups is 2. The van der Waals surface area contributed by atoms with Gasteiger partial charge < -0.3 is 10.2 Å².